The Balaban J connectivity index is 2.49. The Bertz CT molecular complexity index is 581. The maximum absolute atomic E-state index is 12.0. The summed E-state index contributed by atoms with van der Waals surface area (Å²) >= 11 is 0. The number of carbonyl (C=O) groups excluding carboxylic acids is 2. The van der Waals surface area contributed by atoms with Crippen LogP contribution in [0.2, 0.25) is 0 Å². The van der Waals surface area contributed by atoms with Crippen molar-refractivity contribution in [2.75, 3.05) is 25.5 Å². The second kappa shape index (κ2) is 5.32. The van der Waals surface area contributed by atoms with Gasteiger partial charge in [-0.05, 0) is 24.6 Å². The molecule has 1 saturated heterocycles. The largest absolute Gasteiger partial charge is 0.478 e. The fourth-order valence-electron chi connectivity index (χ4n) is 2.19. The van der Waals surface area contributed by atoms with Crippen LogP contribution in [0, 0.1) is 0 Å². The molecule has 0 saturated carbocycles. The van der Waals surface area contributed by atoms with E-state index in [0.29, 0.717) is 18.7 Å². The van der Waals surface area contributed by atoms with Crippen LogP contribution in [0.3, 0.4) is 0 Å². The highest BCUT2D eigenvalue weighted by atomic mass is 16.4. The molecule has 1 heterocycles. The molecule has 1 aliphatic rings. The maximum atomic E-state index is 12.0. The molecule has 1 aromatic rings. The lowest BCUT2D eigenvalue weighted by Crippen LogP contribution is -2.26. The van der Waals surface area contributed by atoms with Crippen molar-refractivity contribution in [2.24, 2.45) is 0 Å². The first-order valence-corrected chi connectivity index (χ1v) is 6.30. The molecule has 1 fully saturated rings. The van der Waals surface area contributed by atoms with E-state index in [1.165, 1.54) is 21.9 Å². The number of nitrogens with zero attached hydrogens (tertiary/aromatic N) is 2. The predicted octanol–water partition coefficient (Wildman–Crippen LogP) is 1.21. The molecule has 1 aliphatic heterocycles. The van der Waals surface area contributed by atoms with Gasteiger partial charge in [-0.3, -0.25) is 9.59 Å². The zero-order chi connectivity index (χ0) is 14.9. The van der Waals surface area contributed by atoms with Crippen molar-refractivity contribution in [3.8, 4) is 0 Å². The van der Waals surface area contributed by atoms with Gasteiger partial charge in [-0.1, -0.05) is 0 Å². The second-order valence-electron chi connectivity index (χ2n) is 4.92. The van der Waals surface area contributed by atoms with Crippen molar-refractivity contribution in [3.05, 3.63) is 29.3 Å². The van der Waals surface area contributed by atoms with Crippen LogP contribution in [0.15, 0.2) is 18.2 Å². The average Bonchev–Trinajstić information content (AvgIpc) is 2.83. The molecular formula is C14H16N2O4. The van der Waals surface area contributed by atoms with Crippen molar-refractivity contribution in [1.82, 2.24) is 4.90 Å². The fraction of sp³-hybridized carbons (Fsp3) is 0.357. The summed E-state index contributed by atoms with van der Waals surface area (Å²) in [7, 11) is 3.19. The number of carboxylic acids is 1. The summed E-state index contributed by atoms with van der Waals surface area (Å²) < 4.78 is 0. The van der Waals surface area contributed by atoms with Crippen molar-refractivity contribution in [2.45, 2.75) is 12.8 Å². The molecule has 2 amide bonds. The van der Waals surface area contributed by atoms with Gasteiger partial charge in [0.25, 0.3) is 5.91 Å². The molecule has 1 aromatic carbocycles. The summed E-state index contributed by atoms with van der Waals surface area (Å²) in [6.45, 7) is 0.553. The summed E-state index contributed by atoms with van der Waals surface area (Å²) in [5.74, 6) is -1.46. The molecule has 0 aromatic heterocycles. The van der Waals surface area contributed by atoms with E-state index in [-0.39, 0.29) is 22.9 Å². The van der Waals surface area contributed by atoms with Crippen LogP contribution in [-0.2, 0) is 4.79 Å². The standard InChI is InChI=1S/C14H16N2O4/c1-15(2)13(18)9-6-10(14(19)20)8-11(7-9)16-5-3-4-12(16)17/h6-8H,3-5H2,1-2H3,(H,19,20). The fourth-order valence-corrected chi connectivity index (χ4v) is 2.19. The van der Waals surface area contributed by atoms with Crippen molar-refractivity contribution in [1.29, 1.82) is 0 Å². The van der Waals surface area contributed by atoms with E-state index in [4.69, 9.17) is 5.11 Å². The SMILES string of the molecule is CN(C)C(=O)c1cc(C(=O)O)cc(N2CCCC2=O)c1. The number of anilines is 1. The van der Waals surface area contributed by atoms with E-state index < -0.39 is 5.97 Å². The molecule has 2 rings (SSSR count). The molecule has 0 bridgehead atoms. The van der Waals surface area contributed by atoms with Crippen LogP contribution >= 0.6 is 0 Å². The highest BCUT2D eigenvalue weighted by Gasteiger charge is 2.24. The number of amides is 2. The van der Waals surface area contributed by atoms with Crippen LogP contribution in [0.4, 0.5) is 5.69 Å². The number of carbonyl (C=O) groups is 3. The Hall–Kier alpha value is -2.37. The quantitative estimate of drug-likeness (QED) is 0.900. The first kappa shape index (κ1) is 14.0. The van der Waals surface area contributed by atoms with Crippen LogP contribution < -0.4 is 4.90 Å². The molecule has 1 N–H and O–H groups in total. The van der Waals surface area contributed by atoms with Gasteiger partial charge in [0.15, 0.2) is 0 Å². The van der Waals surface area contributed by atoms with Gasteiger partial charge in [-0.15, -0.1) is 0 Å². The smallest absolute Gasteiger partial charge is 0.335 e. The summed E-state index contributed by atoms with van der Waals surface area (Å²) in [5, 5.41) is 9.13. The zero-order valence-corrected chi connectivity index (χ0v) is 11.4. The Morgan fingerprint density at radius 3 is 2.35 bits per heavy atom. The van der Waals surface area contributed by atoms with Crippen LogP contribution in [-0.4, -0.2) is 48.4 Å². The monoisotopic (exact) mass is 276 g/mol. The van der Waals surface area contributed by atoms with Gasteiger partial charge in [0, 0.05) is 38.3 Å². The molecular weight excluding hydrogens is 260 g/mol. The van der Waals surface area contributed by atoms with E-state index in [2.05, 4.69) is 0 Å². The normalized spacial score (nSPS) is 14.5. The number of rotatable bonds is 3. The van der Waals surface area contributed by atoms with Crippen LogP contribution in [0.5, 0.6) is 0 Å². The summed E-state index contributed by atoms with van der Waals surface area (Å²) in [5.41, 5.74) is 0.745. The topological polar surface area (TPSA) is 77.9 Å². The Morgan fingerprint density at radius 1 is 1.20 bits per heavy atom. The van der Waals surface area contributed by atoms with E-state index in [1.54, 1.807) is 20.2 Å². The van der Waals surface area contributed by atoms with Gasteiger partial charge in [-0.25, -0.2) is 4.79 Å². The molecule has 0 unspecified atom stereocenters. The third-order valence-electron chi connectivity index (χ3n) is 3.20. The summed E-state index contributed by atoms with van der Waals surface area (Å²) in [4.78, 5) is 37.8. The maximum Gasteiger partial charge on any atom is 0.335 e. The van der Waals surface area contributed by atoms with Gasteiger partial charge in [-0.2, -0.15) is 0 Å². The van der Waals surface area contributed by atoms with Crippen molar-refractivity contribution in [3.63, 3.8) is 0 Å². The lowest BCUT2D eigenvalue weighted by Gasteiger charge is -2.18. The molecule has 20 heavy (non-hydrogen) atoms. The molecule has 0 spiro atoms. The van der Waals surface area contributed by atoms with Gasteiger partial charge in [0.2, 0.25) is 5.91 Å². The van der Waals surface area contributed by atoms with Crippen LogP contribution in [0.25, 0.3) is 0 Å². The third-order valence-corrected chi connectivity index (χ3v) is 3.20. The Morgan fingerprint density at radius 2 is 1.85 bits per heavy atom. The number of hydrogen-bond acceptors (Lipinski definition) is 3. The lowest BCUT2D eigenvalue weighted by molar-refractivity contribution is -0.117. The van der Waals surface area contributed by atoms with E-state index >= 15 is 0 Å². The van der Waals surface area contributed by atoms with Crippen LogP contribution in [0.1, 0.15) is 33.6 Å². The Kier molecular flexibility index (Phi) is 3.74. The molecule has 0 atom stereocenters. The molecule has 0 radical (unpaired) electrons. The minimum atomic E-state index is -1.12. The highest BCUT2D eigenvalue weighted by Crippen LogP contribution is 2.24. The van der Waals surface area contributed by atoms with E-state index in [0.717, 1.165) is 6.42 Å². The molecule has 6 heteroatoms. The molecule has 106 valence electrons. The Labute approximate surface area is 116 Å². The van der Waals surface area contributed by atoms with Crippen molar-refractivity contribution < 1.29 is 19.5 Å². The van der Waals surface area contributed by atoms with E-state index in [9.17, 15) is 14.4 Å². The third kappa shape index (κ3) is 2.64. The van der Waals surface area contributed by atoms with Crippen molar-refractivity contribution >= 4 is 23.5 Å². The summed E-state index contributed by atoms with van der Waals surface area (Å²) in [6, 6.07) is 4.32. The number of carboxylic acid groups (broad SMARTS) is 1. The van der Waals surface area contributed by atoms with Gasteiger partial charge < -0.3 is 14.9 Å². The second-order valence-corrected chi connectivity index (χ2v) is 4.92. The van der Waals surface area contributed by atoms with Gasteiger partial charge >= 0.3 is 5.97 Å². The van der Waals surface area contributed by atoms with Gasteiger partial charge in [0.1, 0.15) is 0 Å². The molecule has 6 nitrogen and oxygen atoms in total. The predicted molar refractivity (Wildman–Crippen MR) is 73.0 cm³/mol. The minimum Gasteiger partial charge on any atom is -0.478 e. The first-order chi connectivity index (χ1) is 9.40. The number of hydrogen-bond donors (Lipinski definition) is 1. The lowest BCUT2D eigenvalue weighted by atomic mass is 10.1. The zero-order valence-electron chi connectivity index (χ0n) is 11.4. The number of benzene rings is 1. The molecule has 0 aliphatic carbocycles. The van der Waals surface area contributed by atoms with E-state index in [1.807, 2.05) is 0 Å². The average molecular weight is 276 g/mol. The summed E-state index contributed by atoms with van der Waals surface area (Å²) in [6.07, 6.45) is 1.20. The minimum absolute atomic E-state index is 0.00685. The highest BCUT2D eigenvalue weighted by molar-refractivity contribution is 6.02. The number of aromatic carboxylic acids is 1. The first-order valence-electron chi connectivity index (χ1n) is 6.30. The van der Waals surface area contributed by atoms with Gasteiger partial charge in [0.05, 0.1) is 5.56 Å².